The highest BCUT2D eigenvalue weighted by Crippen LogP contribution is 2.57. The van der Waals surface area contributed by atoms with Gasteiger partial charge in [-0.25, -0.2) is 8.42 Å². The molecule has 0 unspecified atom stereocenters. The smallest absolute Gasteiger partial charge is 0.265 e. The summed E-state index contributed by atoms with van der Waals surface area (Å²) in [5.74, 6) is 0.676. The van der Waals surface area contributed by atoms with Crippen molar-refractivity contribution in [2.45, 2.75) is 43.5 Å². The molecule has 2 atom stereocenters. The molecular weight excluding hydrogens is 518 g/mol. The number of ketones is 1. The predicted molar refractivity (Wildman–Crippen MR) is 139 cm³/mol. The van der Waals surface area contributed by atoms with E-state index in [1.165, 1.54) is 0 Å². The topological polar surface area (TPSA) is 54.5 Å². The third-order valence-electron chi connectivity index (χ3n) is 6.35. The maximum atomic E-state index is 14.2. The van der Waals surface area contributed by atoms with E-state index in [1.54, 1.807) is 34.3 Å². The second-order valence-electron chi connectivity index (χ2n) is 8.52. The Kier molecular flexibility index (Phi) is 7.22. The Labute approximate surface area is 209 Å². The third-order valence-corrected chi connectivity index (χ3v) is 10.2. The molecule has 1 aliphatic carbocycles. The number of unbranched alkanes of at least 4 members (excludes halogenated alkanes) is 1. The molecule has 174 valence electrons. The van der Waals surface area contributed by atoms with Gasteiger partial charge in [0.15, 0.2) is 5.78 Å². The van der Waals surface area contributed by atoms with Crippen LogP contribution in [0, 0.1) is 12.8 Å². The monoisotopic (exact) mass is 545 g/mol. The SMILES string of the molecule is CC1=C(SCCCCBr)[C@@H]2CC(=O)C=C[C@]2(c2ccccc2)N1S(=O)(=O)c1ccc(C)cc1. The number of benzene rings is 2. The van der Waals surface area contributed by atoms with Gasteiger partial charge in [-0.2, -0.15) is 0 Å². The van der Waals surface area contributed by atoms with Crippen molar-refractivity contribution in [3.63, 3.8) is 0 Å². The molecule has 1 aliphatic heterocycles. The Morgan fingerprint density at radius 2 is 1.76 bits per heavy atom. The molecule has 2 aliphatic rings. The van der Waals surface area contributed by atoms with Crippen LogP contribution >= 0.6 is 27.7 Å². The molecule has 7 heteroatoms. The molecule has 33 heavy (non-hydrogen) atoms. The highest BCUT2D eigenvalue weighted by molar-refractivity contribution is 9.09. The van der Waals surface area contributed by atoms with E-state index in [-0.39, 0.29) is 16.6 Å². The van der Waals surface area contributed by atoms with Crippen LogP contribution in [-0.4, -0.2) is 29.6 Å². The van der Waals surface area contributed by atoms with E-state index in [0.717, 1.165) is 40.0 Å². The number of carbonyl (C=O) groups is 1. The zero-order valence-corrected chi connectivity index (χ0v) is 22.0. The fraction of sp³-hybridized carbons (Fsp3) is 0.346. The lowest BCUT2D eigenvalue weighted by atomic mass is 9.74. The number of fused-ring (bicyclic) bond motifs is 1. The highest BCUT2D eigenvalue weighted by Gasteiger charge is 2.57. The summed E-state index contributed by atoms with van der Waals surface area (Å²) in [4.78, 5) is 13.8. The van der Waals surface area contributed by atoms with Gasteiger partial charge in [0.1, 0.15) is 5.54 Å². The Bertz CT molecular complexity index is 1190. The number of thioether (sulfide) groups is 1. The number of hydrogen-bond donors (Lipinski definition) is 0. The van der Waals surface area contributed by atoms with Gasteiger partial charge < -0.3 is 0 Å². The van der Waals surface area contributed by atoms with Gasteiger partial charge in [-0.3, -0.25) is 9.10 Å². The van der Waals surface area contributed by atoms with Crippen molar-refractivity contribution < 1.29 is 13.2 Å². The lowest BCUT2D eigenvalue weighted by molar-refractivity contribution is -0.116. The summed E-state index contributed by atoms with van der Waals surface area (Å²) in [5, 5.41) is 0.943. The maximum Gasteiger partial charge on any atom is 0.265 e. The molecule has 0 amide bonds. The van der Waals surface area contributed by atoms with E-state index in [1.807, 2.05) is 62.4 Å². The van der Waals surface area contributed by atoms with Gasteiger partial charge in [0.2, 0.25) is 0 Å². The van der Waals surface area contributed by atoms with Crippen LogP contribution in [0.5, 0.6) is 0 Å². The van der Waals surface area contributed by atoms with E-state index < -0.39 is 15.6 Å². The average molecular weight is 547 g/mol. The first-order valence-corrected chi connectivity index (χ1v) is 14.7. The fourth-order valence-electron chi connectivity index (χ4n) is 4.79. The van der Waals surface area contributed by atoms with Crippen molar-refractivity contribution in [1.82, 2.24) is 4.31 Å². The van der Waals surface area contributed by atoms with Gasteiger partial charge in [-0.05, 0) is 62.3 Å². The van der Waals surface area contributed by atoms with Crippen molar-refractivity contribution in [3.05, 3.63) is 88.5 Å². The molecule has 0 saturated heterocycles. The lowest BCUT2D eigenvalue weighted by Gasteiger charge is -2.43. The number of sulfonamides is 1. The molecule has 0 radical (unpaired) electrons. The van der Waals surface area contributed by atoms with Gasteiger partial charge in [-0.1, -0.05) is 64.0 Å². The van der Waals surface area contributed by atoms with Crippen LogP contribution in [0.3, 0.4) is 0 Å². The summed E-state index contributed by atoms with van der Waals surface area (Å²) in [6.45, 7) is 3.83. The van der Waals surface area contributed by atoms with Crippen LogP contribution in [0.4, 0.5) is 0 Å². The first kappa shape index (κ1) is 24.3. The summed E-state index contributed by atoms with van der Waals surface area (Å²) in [7, 11) is -3.88. The van der Waals surface area contributed by atoms with E-state index in [2.05, 4.69) is 15.9 Å². The summed E-state index contributed by atoms with van der Waals surface area (Å²) in [6.07, 6.45) is 5.75. The fourth-order valence-corrected chi connectivity index (χ4v) is 8.42. The Morgan fingerprint density at radius 1 is 1.06 bits per heavy atom. The van der Waals surface area contributed by atoms with Crippen molar-refractivity contribution >= 4 is 43.5 Å². The maximum absolute atomic E-state index is 14.2. The molecule has 1 heterocycles. The third kappa shape index (κ3) is 4.35. The number of halogens is 1. The number of rotatable bonds is 8. The summed E-state index contributed by atoms with van der Waals surface area (Å²) < 4.78 is 29.9. The molecule has 2 aromatic rings. The Hall–Kier alpha value is -1.83. The summed E-state index contributed by atoms with van der Waals surface area (Å²) in [5.41, 5.74) is 1.64. The van der Waals surface area contributed by atoms with Crippen molar-refractivity contribution in [3.8, 4) is 0 Å². The zero-order valence-electron chi connectivity index (χ0n) is 18.8. The molecule has 0 bridgehead atoms. The number of hydrogen-bond acceptors (Lipinski definition) is 4. The second-order valence-corrected chi connectivity index (χ2v) is 12.2. The minimum atomic E-state index is -3.88. The minimum Gasteiger partial charge on any atom is -0.295 e. The van der Waals surface area contributed by atoms with Crippen LogP contribution in [0.1, 0.15) is 37.3 Å². The molecule has 0 N–H and O–H groups in total. The van der Waals surface area contributed by atoms with Crippen LogP contribution in [0.25, 0.3) is 0 Å². The van der Waals surface area contributed by atoms with Crippen molar-refractivity contribution in [1.29, 1.82) is 0 Å². The number of alkyl halides is 1. The number of carbonyl (C=O) groups excluding carboxylic acids is 1. The second kappa shape index (κ2) is 9.80. The molecule has 0 spiro atoms. The van der Waals surface area contributed by atoms with E-state index in [4.69, 9.17) is 0 Å². The van der Waals surface area contributed by atoms with Crippen LogP contribution in [0.2, 0.25) is 0 Å². The van der Waals surface area contributed by atoms with Crippen LogP contribution in [-0.2, 0) is 20.4 Å². The average Bonchev–Trinajstić information content (AvgIpc) is 3.06. The standard InChI is InChI=1S/C26H28BrNO3S2/c1-19-10-12-23(13-11-19)33(30,31)28-20(2)25(32-17-7-6-16-27)24-18-22(29)14-15-26(24,28)21-8-4-3-5-9-21/h3-5,8-15,24H,6-7,16-18H2,1-2H3/t24-,26+/m0/s1. The lowest BCUT2D eigenvalue weighted by Crippen LogP contribution is -2.49. The van der Waals surface area contributed by atoms with Gasteiger partial charge in [0.05, 0.1) is 4.90 Å². The molecule has 2 aromatic carbocycles. The largest absolute Gasteiger partial charge is 0.295 e. The molecule has 0 fully saturated rings. The van der Waals surface area contributed by atoms with Gasteiger partial charge in [0, 0.05) is 28.3 Å². The molecular formula is C26H28BrNO3S2. The van der Waals surface area contributed by atoms with Crippen LogP contribution in [0.15, 0.2) is 82.2 Å². The molecule has 4 rings (SSSR count). The van der Waals surface area contributed by atoms with E-state index >= 15 is 0 Å². The first-order valence-electron chi connectivity index (χ1n) is 11.1. The van der Waals surface area contributed by atoms with Gasteiger partial charge >= 0.3 is 0 Å². The normalized spacial score (nSPS) is 22.7. The van der Waals surface area contributed by atoms with Gasteiger partial charge in [-0.15, -0.1) is 11.8 Å². The van der Waals surface area contributed by atoms with E-state index in [0.29, 0.717) is 12.1 Å². The van der Waals surface area contributed by atoms with Crippen molar-refractivity contribution in [2.75, 3.05) is 11.1 Å². The number of allylic oxidation sites excluding steroid dienone is 2. The number of nitrogens with zero attached hydrogens (tertiary/aromatic N) is 1. The molecule has 0 saturated carbocycles. The van der Waals surface area contributed by atoms with Gasteiger partial charge in [0.25, 0.3) is 10.0 Å². The summed E-state index contributed by atoms with van der Waals surface area (Å²) >= 11 is 5.18. The molecule has 4 nitrogen and oxygen atoms in total. The van der Waals surface area contributed by atoms with Crippen molar-refractivity contribution in [2.24, 2.45) is 5.92 Å². The zero-order chi connectivity index (χ0) is 23.6. The van der Waals surface area contributed by atoms with Crippen LogP contribution < -0.4 is 0 Å². The summed E-state index contributed by atoms with van der Waals surface area (Å²) in [6, 6.07) is 16.7. The quantitative estimate of drug-likeness (QED) is 0.293. The Morgan fingerprint density at radius 3 is 2.42 bits per heavy atom. The number of aryl methyl sites for hydroxylation is 1. The molecule has 0 aromatic heterocycles. The highest BCUT2D eigenvalue weighted by atomic mass is 79.9. The first-order chi connectivity index (χ1) is 15.8. The Balaban J connectivity index is 1.91. The predicted octanol–water partition coefficient (Wildman–Crippen LogP) is 6.18. The minimum absolute atomic E-state index is 0.0347. The van der Waals surface area contributed by atoms with E-state index in [9.17, 15) is 13.2 Å².